The second-order valence-electron chi connectivity index (χ2n) is 6.52. The Kier molecular flexibility index (Phi) is 6.74. The lowest BCUT2D eigenvalue weighted by molar-refractivity contribution is 0.0947. The highest BCUT2D eigenvalue weighted by Gasteiger charge is 2.09. The SMILES string of the molecule is CC(C)CCNC(=O)c1ccnc(Nc2ccc(OC(C)C)cc2)n1. The van der Waals surface area contributed by atoms with Crippen LogP contribution in [0, 0.1) is 5.92 Å². The van der Waals surface area contributed by atoms with Gasteiger partial charge in [-0.3, -0.25) is 4.79 Å². The zero-order valence-electron chi connectivity index (χ0n) is 15.2. The normalized spacial score (nSPS) is 10.8. The molecule has 0 aliphatic heterocycles. The number of anilines is 2. The fraction of sp³-hybridized carbons (Fsp3) is 0.421. The third-order valence-corrected chi connectivity index (χ3v) is 3.38. The minimum atomic E-state index is -0.188. The van der Waals surface area contributed by atoms with Crippen LogP contribution in [0.3, 0.4) is 0 Å². The molecule has 2 N–H and O–H groups in total. The van der Waals surface area contributed by atoms with Crippen LogP contribution >= 0.6 is 0 Å². The van der Waals surface area contributed by atoms with E-state index in [2.05, 4.69) is 34.4 Å². The third-order valence-electron chi connectivity index (χ3n) is 3.38. The van der Waals surface area contributed by atoms with E-state index in [0.29, 0.717) is 24.1 Å². The highest BCUT2D eigenvalue weighted by molar-refractivity contribution is 5.92. The summed E-state index contributed by atoms with van der Waals surface area (Å²) in [5.41, 5.74) is 1.18. The molecule has 1 aromatic heterocycles. The topological polar surface area (TPSA) is 76.1 Å². The van der Waals surface area contributed by atoms with Crippen molar-refractivity contribution < 1.29 is 9.53 Å². The number of rotatable bonds is 8. The lowest BCUT2D eigenvalue weighted by Gasteiger charge is -2.11. The van der Waals surface area contributed by atoms with Gasteiger partial charge in [-0.1, -0.05) is 13.8 Å². The van der Waals surface area contributed by atoms with E-state index < -0.39 is 0 Å². The Labute approximate surface area is 149 Å². The summed E-state index contributed by atoms with van der Waals surface area (Å²) in [4.78, 5) is 20.6. The van der Waals surface area contributed by atoms with Crippen molar-refractivity contribution in [1.29, 1.82) is 0 Å². The van der Waals surface area contributed by atoms with Gasteiger partial charge in [0.1, 0.15) is 11.4 Å². The van der Waals surface area contributed by atoms with Gasteiger partial charge in [0.25, 0.3) is 5.91 Å². The van der Waals surface area contributed by atoms with Gasteiger partial charge in [-0.15, -0.1) is 0 Å². The molecule has 2 aromatic rings. The molecule has 6 heteroatoms. The van der Waals surface area contributed by atoms with Gasteiger partial charge in [0.05, 0.1) is 6.10 Å². The zero-order valence-corrected chi connectivity index (χ0v) is 15.2. The van der Waals surface area contributed by atoms with E-state index in [1.54, 1.807) is 12.3 Å². The van der Waals surface area contributed by atoms with Gasteiger partial charge >= 0.3 is 0 Å². The Morgan fingerprint density at radius 1 is 1.12 bits per heavy atom. The molecule has 0 atom stereocenters. The van der Waals surface area contributed by atoms with Crippen LogP contribution in [0.1, 0.15) is 44.6 Å². The summed E-state index contributed by atoms with van der Waals surface area (Å²) in [5.74, 6) is 1.55. The molecule has 0 spiro atoms. The summed E-state index contributed by atoms with van der Waals surface area (Å²) in [6, 6.07) is 9.14. The maximum absolute atomic E-state index is 12.1. The zero-order chi connectivity index (χ0) is 18.2. The molecule has 1 aromatic carbocycles. The number of carbonyl (C=O) groups is 1. The van der Waals surface area contributed by atoms with E-state index in [4.69, 9.17) is 4.74 Å². The van der Waals surface area contributed by atoms with E-state index in [9.17, 15) is 4.79 Å². The molecule has 0 saturated carbocycles. The maximum Gasteiger partial charge on any atom is 0.270 e. The van der Waals surface area contributed by atoms with E-state index in [-0.39, 0.29) is 12.0 Å². The number of nitrogens with one attached hydrogen (secondary N) is 2. The lowest BCUT2D eigenvalue weighted by Crippen LogP contribution is -2.26. The molecule has 1 heterocycles. The summed E-state index contributed by atoms with van der Waals surface area (Å²) < 4.78 is 5.61. The van der Waals surface area contributed by atoms with Crippen LogP contribution in [0.5, 0.6) is 5.75 Å². The van der Waals surface area contributed by atoms with E-state index in [0.717, 1.165) is 17.9 Å². The average molecular weight is 342 g/mol. The van der Waals surface area contributed by atoms with Gasteiger partial charge < -0.3 is 15.4 Å². The van der Waals surface area contributed by atoms with Crippen molar-refractivity contribution in [3.8, 4) is 5.75 Å². The Morgan fingerprint density at radius 2 is 1.84 bits per heavy atom. The van der Waals surface area contributed by atoms with Crippen molar-refractivity contribution in [2.75, 3.05) is 11.9 Å². The van der Waals surface area contributed by atoms with Crippen molar-refractivity contribution in [3.63, 3.8) is 0 Å². The molecular weight excluding hydrogens is 316 g/mol. The van der Waals surface area contributed by atoms with Crippen molar-refractivity contribution in [2.45, 2.75) is 40.2 Å². The lowest BCUT2D eigenvalue weighted by atomic mass is 10.1. The highest BCUT2D eigenvalue weighted by atomic mass is 16.5. The van der Waals surface area contributed by atoms with Crippen molar-refractivity contribution in [3.05, 3.63) is 42.2 Å². The molecule has 0 saturated heterocycles. The number of carbonyl (C=O) groups excluding carboxylic acids is 1. The quantitative estimate of drug-likeness (QED) is 0.763. The number of hydrogen-bond acceptors (Lipinski definition) is 5. The third kappa shape index (κ3) is 6.41. The van der Waals surface area contributed by atoms with Crippen LogP contribution in [0.2, 0.25) is 0 Å². The molecular formula is C19H26N4O2. The monoisotopic (exact) mass is 342 g/mol. The Bertz CT molecular complexity index is 684. The van der Waals surface area contributed by atoms with Crippen LogP contribution in [0.25, 0.3) is 0 Å². The first-order chi connectivity index (χ1) is 11.9. The van der Waals surface area contributed by atoms with Gasteiger partial charge in [-0.25, -0.2) is 9.97 Å². The van der Waals surface area contributed by atoms with Crippen LogP contribution in [0.15, 0.2) is 36.5 Å². The van der Waals surface area contributed by atoms with Crippen molar-refractivity contribution in [2.24, 2.45) is 5.92 Å². The average Bonchev–Trinajstić information content (AvgIpc) is 2.56. The molecule has 0 unspecified atom stereocenters. The second kappa shape index (κ2) is 9.01. The smallest absolute Gasteiger partial charge is 0.270 e. The summed E-state index contributed by atoms with van der Waals surface area (Å²) in [6.45, 7) is 8.85. The Balaban J connectivity index is 1.97. The summed E-state index contributed by atoms with van der Waals surface area (Å²) in [7, 11) is 0. The molecule has 1 amide bonds. The molecule has 0 fully saturated rings. The predicted molar refractivity (Wildman–Crippen MR) is 99.3 cm³/mol. The minimum absolute atomic E-state index is 0.132. The highest BCUT2D eigenvalue weighted by Crippen LogP contribution is 2.19. The van der Waals surface area contributed by atoms with E-state index >= 15 is 0 Å². The molecule has 2 rings (SSSR count). The molecule has 25 heavy (non-hydrogen) atoms. The van der Waals surface area contributed by atoms with Gasteiger partial charge in [0, 0.05) is 18.4 Å². The fourth-order valence-electron chi connectivity index (χ4n) is 2.13. The molecule has 6 nitrogen and oxygen atoms in total. The molecule has 0 aliphatic rings. The van der Waals surface area contributed by atoms with Gasteiger partial charge in [-0.05, 0) is 56.5 Å². The summed E-state index contributed by atoms with van der Waals surface area (Å²) >= 11 is 0. The van der Waals surface area contributed by atoms with Crippen molar-refractivity contribution >= 4 is 17.5 Å². The first kappa shape index (κ1) is 18.7. The number of benzene rings is 1. The van der Waals surface area contributed by atoms with E-state index in [1.165, 1.54) is 0 Å². The van der Waals surface area contributed by atoms with Crippen LogP contribution in [-0.4, -0.2) is 28.5 Å². The van der Waals surface area contributed by atoms with Gasteiger partial charge in [0.15, 0.2) is 0 Å². The number of hydrogen-bond donors (Lipinski definition) is 2. The van der Waals surface area contributed by atoms with Gasteiger partial charge in [0.2, 0.25) is 5.95 Å². The molecule has 0 radical (unpaired) electrons. The minimum Gasteiger partial charge on any atom is -0.491 e. The number of nitrogens with zero attached hydrogens (tertiary/aromatic N) is 2. The Morgan fingerprint density at radius 3 is 2.48 bits per heavy atom. The maximum atomic E-state index is 12.1. The van der Waals surface area contributed by atoms with Gasteiger partial charge in [-0.2, -0.15) is 0 Å². The summed E-state index contributed by atoms with van der Waals surface area (Å²) in [5, 5.41) is 5.97. The summed E-state index contributed by atoms with van der Waals surface area (Å²) in [6.07, 6.45) is 2.64. The molecule has 0 bridgehead atoms. The number of aromatic nitrogens is 2. The van der Waals surface area contributed by atoms with Crippen LogP contribution in [-0.2, 0) is 0 Å². The molecule has 134 valence electrons. The Hall–Kier alpha value is -2.63. The predicted octanol–water partition coefficient (Wildman–Crippen LogP) is 3.78. The number of amides is 1. The second-order valence-corrected chi connectivity index (χ2v) is 6.52. The molecule has 0 aliphatic carbocycles. The fourth-order valence-corrected chi connectivity index (χ4v) is 2.13. The first-order valence-electron chi connectivity index (χ1n) is 8.59. The largest absolute Gasteiger partial charge is 0.491 e. The standard InChI is InChI=1S/C19H26N4O2/c1-13(2)9-11-20-18(24)17-10-12-21-19(23-17)22-15-5-7-16(8-6-15)25-14(3)4/h5-8,10,12-14H,9,11H2,1-4H3,(H,20,24)(H,21,22,23). The first-order valence-corrected chi connectivity index (χ1v) is 8.59. The number of ether oxygens (including phenoxy) is 1. The van der Waals surface area contributed by atoms with E-state index in [1.807, 2.05) is 38.1 Å². The van der Waals surface area contributed by atoms with Crippen LogP contribution < -0.4 is 15.4 Å². The van der Waals surface area contributed by atoms with Crippen LogP contribution in [0.4, 0.5) is 11.6 Å². The van der Waals surface area contributed by atoms with Crippen molar-refractivity contribution in [1.82, 2.24) is 15.3 Å².